The van der Waals surface area contributed by atoms with Gasteiger partial charge in [-0.05, 0) is 66.6 Å². The summed E-state index contributed by atoms with van der Waals surface area (Å²) >= 11 is -0.750. The van der Waals surface area contributed by atoms with Gasteiger partial charge in [0.1, 0.15) is 34.3 Å². The zero-order valence-corrected chi connectivity index (χ0v) is 30.5. The Balaban J connectivity index is 0.00000140. The monoisotopic (exact) mass is 758 g/mol. The highest BCUT2D eigenvalue weighted by atomic mass is 32.2. The molecule has 272 valence electrons. The molecule has 0 radical (unpaired) electrons. The standard InChI is InChI=1S/C37H32F2N6O4S.O2S/c1-20-17-44(18-20)19-33-41-28-13-12-27(42-35(28)31-15-23-26(39)6-5-7-29(23)45(31)33)24-14-25-32(16-30(24)43(3)50(4,47)48)49-36(34(25)37(46)40-2)21-8-10-22(38)11-9-21;1-3-2/h5-16,20H,17-19H2,1-4H3,(H,40,46);. The maximum atomic E-state index is 15.2. The number of carbonyl (C=O) groups is 1. The summed E-state index contributed by atoms with van der Waals surface area (Å²) in [5.41, 5.74) is 4.41. The van der Waals surface area contributed by atoms with Gasteiger partial charge in [0.2, 0.25) is 10.0 Å². The first-order chi connectivity index (χ1) is 25.3. The van der Waals surface area contributed by atoms with Gasteiger partial charge in [0.15, 0.2) is 0 Å². The van der Waals surface area contributed by atoms with Crippen molar-refractivity contribution in [2.24, 2.45) is 5.92 Å². The largest absolute Gasteiger partial charge is 0.455 e. The number of sulfonamides is 1. The molecular formula is C37H32F2N6O6S2. The summed E-state index contributed by atoms with van der Waals surface area (Å²) in [5.74, 6) is 0.305. The van der Waals surface area contributed by atoms with Crippen LogP contribution in [0.1, 0.15) is 23.1 Å². The van der Waals surface area contributed by atoms with E-state index in [1.54, 1.807) is 30.3 Å². The van der Waals surface area contributed by atoms with E-state index in [1.165, 1.54) is 44.4 Å². The summed E-state index contributed by atoms with van der Waals surface area (Å²) in [6, 6.07) is 19.1. The van der Waals surface area contributed by atoms with Crippen LogP contribution in [0, 0.1) is 17.6 Å². The molecule has 0 aliphatic carbocycles. The molecule has 53 heavy (non-hydrogen) atoms. The molecular weight excluding hydrogens is 727 g/mol. The fourth-order valence-electron chi connectivity index (χ4n) is 6.91. The number of anilines is 1. The molecule has 0 bridgehead atoms. The van der Waals surface area contributed by atoms with Gasteiger partial charge in [-0.2, -0.15) is 8.42 Å². The molecule has 1 N–H and O–H groups in total. The van der Waals surface area contributed by atoms with Crippen LogP contribution in [-0.4, -0.2) is 75.5 Å². The number of carbonyl (C=O) groups excluding carboxylic acids is 1. The zero-order valence-electron chi connectivity index (χ0n) is 28.9. The van der Waals surface area contributed by atoms with E-state index in [0.29, 0.717) is 62.1 Å². The lowest BCUT2D eigenvalue weighted by molar-refractivity contribution is 0.0964. The number of rotatable bonds is 7. The van der Waals surface area contributed by atoms with Gasteiger partial charge in [0.05, 0.1) is 46.3 Å². The van der Waals surface area contributed by atoms with Crippen molar-refractivity contribution in [3.05, 3.63) is 95.8 Å². The maximum Gasteiger partial charge on any atom is 0.335 e. The number of benzene rings is 3. The Morgan fingerprint density at radius 2 is 1.72 bits per heavy atom. The molecule has 1 saturated heterocycles. The number of furan rings is 1. The normalized spacial score (nSPS) is 13.6. The van der Waals surface area contributed by atoms with Crippen molar-refractivity contribution >= 4 is 71.6 Å². The summed E-state index contributed by atoms with van der Waals surface area (Å²) in [7, 11) is -0.855. The molecule has 3 aromatic carbocycles. The summed E-state index contributed by atoms with van der Waals surface area (Å²) < 4.78 is 80.8. The van der Waals surface area contributed by atoms with Gasteiger partial charge >= 0.3 is 11.6 Å². The summed E-state index contributed by atoms with van der Waals surface area (Å²) in [6.07, 6.45) is 1.09. The number of hydrogen-bond acceptors (Lipinski definition) is 9. The molecule has 5 heterocycles. The highest BCUT2D eigenvalue weighted by molar-refractivity contribution is 7.92. The van der Waals surface area contributed by atoms with E-state index in [1.807, 2.05) is 16.5 Å². The van der Waals surface area contributed by atoms with Crippen LogP contribution in [0.5, 0.6) is 0 Å². The zero-order chi connectivity index (χ0) is 37.8. The molecule has 4 aromatic heterocycles. The van der Waals surface area contributed by atoms with Crippen LogP contribution < -0.4 is 9.62 Å². The van der Waals surface area contributed by atoms with Crippen LogP contribution in [0.2, 0.25) is 0 Å². The summed E-state index contributed by atoms with van der Waals surface area (Å²) in [4.78, 5) is 25.7. The second-order valence-corrected chi connectivity index (χ2v) is 15.1. The van der Waals surface area contributed by atoms with Gasteiger partial charge in [-0.15, -0.1) is 0 Å². The highest BCUT2D eigenvalue weighted by Crippen LogP contribution is 2.41. The number of aromatic nitrogens is 3. The fourth-order valence-corrected chi connectivity index (χ4v) is 7.42. The van der Waals surface area contributed by atoms with Crippen LogP contribution in [0.25, 0.3) is 61.0 Å². The first kappa shape index (κ1) is 35.8. The smallest absolute Gasteiger partial charge is 0.335 e. The van der Waals surface area contributed by atoms with Gasteiger partial charge < -0.3 is 9.73 Å². The van der Waals surface area contributed by atoms with E-state index in [-0.39, 0.29) is 28.4 Å². The van der Waals surface area contributed by atoms with Gasteiger partial charge in [-0.1, -0.05) is 13.0 Å². The topological polar surface area (TPSA) is 147 Å². The van der Waals surface area contributed by atoms with Crippen molar-refractivity contribution in [2.75, 3.05) is 37.7 Å². The second-order valence-electron chi connectivity index (χ2n) is 13.0. The Labute approximate surface area is 305 Å². The Morgan fingerprint density at radius 3 is 2.38 bits per heavy atom. The Morgan fingerprint density at radius 1 is 1.00 bits per heavy atom. The van der Waals surface area contributed by atoms with Gasteiger partial charge in [-0.25, -0.2) is 27.2 Å². The highest BCUT2D eigenvalue weighted by Gasteiger charge is 2.28. The lowest BCUT2D eigenvalue weighted by Gasteiger charge is -2.36. The van der Waals surface area contributed by atoms with Crippen molar-refractivity contribution < 1.29 is 34.8 Å². The number of nitrogens with one attached hydrogen (secondary N) is 1. The number of hydrogen-bond donors (Lipinski definition) is 1. The van der Waals surface area contributed by atoms with Crippen LogP contribution in [-0.2, 0) is 28.1 Å². The molecule has 1 aliphatic rings. The van der Waals surface area contributed by atoms with E-state index in [4.69, 9.17) is 22.8 Å². The molecule has 0 saturated carbocycles. The summed E-state index contributed by atoms with van der Waals surface area (Å²) in [5, 5.41) is 3.50. The van der Waals surface area contributed by atoms with E-state index < -0.39 is 33.3 Å². The third kappa shape index (κ3) is 6.42. The molecule has 16 heteroatoms. The molecule has 1 aliphatic heterocycles. The molecule has 1 amide bonds. The predicted octanol–water partition coefficient (Wildman–Crippen LogP) is 5.93. The SMILES string of the molecule is CNC(=O)c1c(-c2ccc(F)cc2)oc2cc(N(C)S(C)(=O)=O)c(-c3ccc4nc(CN5CC(C)C5)n5c6cccc(F)c6cc5c4n3)cc12.O=S=O. The molecule has 1 fully saturated rings. The quantitative estimate of drug-likeness (QED) is 0.209. The lowest BCUT2D eigenvalue weighted by Crippen LogP contribution is -2.44. The number of nitrogens with zero attached hydrogens (tertiary/aromatic N) is 5. The Kier molecular flexibility index (Phi) is 9.30. The molecule has 12 nitrogen and oxygen atoms in total. The Bertz CT molecular complexity index is 2740. The van der Waals surface area contributed by atoms with E-state index in [0.717, 1.165) is 29.5 Å². The minimum absolute atomic E-state index is 0.201. The second kappa shape index (κ2) is 13.8. The average Bonchev–Trinajstić information content (AvgIpc) is 3.70. The van der Waals surface area contributed by atoms with Crippen molar-refractivity contribution in [1.82, 2.24) is 24.6 Å². The predicted molar refractivity (Wildman–Crippen MR) is 199 cm³/mol. The third-order valence-electron chi connectivity index (χ3n) is 9.40. The Hall–Kier alpha value is -5.58. The number of halogens is 2. The number of likely N-dealkylation sites (tertiary alicyclic amines) is 1. The van der Waals surface area contributed by atoms with Crippen molar-refractivity contribution in [3.8, 4) is 22.6 Å². The first-order valence-corrected chi connectivity index (χ1v) is 18.9. The average molecular weight is 759 g/mol. The minimum Gasteiger partial charge on any atom is -0.455 e. The molecule has 0 atom stereocenters. The fraction of sp³-hybridized carbons (Fsp3) is 0.216. The number of fused-ring (bicyclic) bond motifs is 6. The number of amides is 1. The van der Waals surface area contributed by atoms with Crippen LogP contribution in [0.15, 0.2) is 77.2 Å². The molecule has 7 aromatic rings. The van der Waals surface area contributed by atoms with E-state index in [9.17, 15) is 17.6 Å². The number of pyridine rings is 1. The van der Waals surface area contributed by atoms with E-state index in [2.05, 4.69) is 17.1 Å². The summed E-state index contributed by atoms with van der Waals surface area (Å²) in [6.45, 7) is 4.67. The van der Waals surface area contributed by atoms with Crippen molar-refractivity contribution in [3.63, 3.8) is 0 Å². The molecule has 0 spiro atoms. The minimum atomic E-state index is -3.77. The molecule has 8 rings (SSSR count). The maximum absolute atomic E-state index is 15.2. The van der Waals surface area contributed by atoms with Gasteiger partial charge in [0, 0.05) is 55.2 Å². The van der Waals surface area contributed by atoms with E-state index >= 15 is 4.39 Å². The van der Waals surface area contributed by atoms with Crippen molar-refractivity contribution in [2.45, 2.75) is 13.5 Å². The third-order valence-corrected chi connectivity index (χ3v) is 10.6. The van der Waals surface area contributed by atoms with Crippen molar-refractivity contribution in [1.29, 1.82) is 0 Å². The van der Waals surface area contributed by atoms with Gasteiger partial charge in [-0.3, -0.25) is 18.4 Å². The first-order valence-electron chi connectivity index (χ1n) is 16.4. The van der Waals surface area contributed by atoms with Gasteiger partial charge in [0.25, 0.3) is 5.91 Å². The van der Waals surface area contributed by atoms with Crippen LogP contribution in [0.3, 0.4) is 0 Å². The van der Waals surface area contributed by atoms with Crippen LogP contribution in [0.4, 0.5) is 14.5 Å². The molecule has 0 unspecified atom stereocenters. The lowest BCUT2D eigenvalue weighted by atomic mass is 10.0. The van der Waals surface area contributed by atoms with Crippen LogP contribution >= 0.6 is 0 Å².